The third kappa shape index (κ3) is 2.93. The van der Waals surface area contributed by atoms with E-state index in [0.717, 1.165) is 26.1 Å². The Bertz CT molecular complexity index is 412. The van der Waals surface area contributed by atoms with Gasteiger partial charge in [-0.3, -0.25) is 9.59 Å². The lowest BCUT2D eigenvalue weighted by atomic mass is 9.93. The van der Waals surface area contributed by atoms with Crippen LogP contribution < -0.4 is 5.32 Å². The number of carbonyl (C=O) groups excluding carboxylic acids is 2. The van der Waals surface area contributed by atoms with Gasteiger partial charge in [0.25, 0.3) is 0 Å². The van der Waals surface area contributed by atoms with Crippen molar-refractivity contribution in [3.05, 3.63) is 0 Å². The van der Waals surface area contributed by atoms with Crippen molar-refractivity contribution in [1.82, 2.24) is 15.1 Å². The van der Waals surface area contributed by atoms with E-state index in [0.29, 0.717) is 31.3 Å². The van der Waals surface area contributed by atoms with Crippen molar-refractivity contribution in [2.24, 2.45) is 11.8 Å². The zero-order valence-corrected chi connectivity index (χ0v) is 13.0. The molecule has 3 unspecified atom stereocenters. The predicted octanol–water partition coefficient (Wildman–Crippen LogP) is 0.845. The van der Waals surface area contributed by atoms with Crippen LogP contribution in [0.5, 0.6) is 0 Å². The molecule has 1 N–H and O–H groups in total. The maximum Gasteiger partial charge on any atom is 0.240 e. The smallest absolute Gasteiger partial charge is 0.240 e. The maximum absolute atomic E-state index is 12.8. The van der Waals surface area contributed by atoms with Crippen molar-refractivity contribution in [3.8, 4) is 0 Å². The van der Waals surface area contributed by atoms with E-state index < -0.39 is 0 Å². The van der Waals surface area contributed by atoms with Crippen molar-refractivity contribution >= 4 is 11.8 Å². The quantitative estimate of drug-likeness (QED) is 0.821. The number of rotatable bonds is 2. The number of nitrogens with one attached hydrogen (secondary N) is 1. The lowest BCUT2D eigenvalue weighted by Crippen LogP contribution is -2.47. The fraction of sp³-hybridized carbons (Fsp3) is 0.875. The van der Waals surface area contributed by atoms with Crippen molar-refractivity contribution in [2.45, 2.75) is 45.1 Å². The van der Waals surface area contributed by atoms with Crippen molar-refractivity contribution in [1.29, 1.82) is 0 Å². The van der Waals surface area contributed by atoms with Gasteiger partial charge in [0.05, 0.1) is 6.04 Å². The first-order chi connectivity index (χ1) is 10.2. The molecular formula is C16H27N3O2. The Labute approximate surface area is 127 Å². The Morgan fingerprint density at radius 1 is 1.05 bits per heavy atom. The number of amides is 2. The minimum atomic E-state index is 0.0333. The molecule has 3 fully saturated rings. The second-order valence-electron chi connectivity index (χ2n) is 6.65. The summed E-state index contributed by atoms with van der Waals surface area (Å²) in [6, 6.07) is 0.0333. The zero-order valence-electron chi connectivity index (χ0n) is 13.0. The Kier molecular flexibility index (Phi) is 4.48. The highest BCUT2D eigenvalue weighted by Gasteiger charge is 2.43. The molecule has 3 aliphatic rings. The highest BCUT2D eigenvalue weighted by Crippen LogP contribution is 2.38. The first kappa shape index (κ1) is 14.8. The minimum absolute atomic E-state index is 0.0333. The van der Waals surface area contributed by atoms with Crippen LogP contribution in [0.3, 0.4) is 0 Å². The summed E-state index contributed by atoms with van der Waals surface area (Å²) in [7, 11) is 0. The van der Waals surface area contributed by atoms with Crippen LogP contribution in [0.2, 0.25) is 0 Å². The van der Waals surface area contributed by atoms with Gasteiger partial charge in [0.15, 0.2) is 0 Å². The molecule has 0 aromatic carbocycles. The van der Waals surface area contributed by atoms with Gasteiger partial charge >= 0.3 is 0 Å². The Hall–Kier alpha value is -1.10. The van der Waals surface area contributed by atoms with Crippen molar-refractivity contribution in [2.75, 3.05) is 32.7 Å². The molecule has 118 valence electrons. The molecule has 5 heteroatoms. The fourth-order valence-electron chi connectivity index (χ4n) is 4.27. The van der Waals surface area contributed by atoms with Gasteiger partial charge in [-0.15, -0.1) is 0 Å². The molecule has 2 aliphatic heterocycles. The summed E-state index contributed by atoms with van der Waals surface area (Å²) < 4.78 is 0. The van der Waals surface area contributed by atoms with Gasteiger partial charge in [-0.05, 0) is 37.6 Å². The average Bonchev–Trinajstić information content (AvgIpc) is 3.01. The Balaban J connectivity index is 1.59. The van der Waals surface area contributed by atoms with Crippen LogP contribution in [-0.4, -0.2) is 60.4 Å². The lowest BCUT2D eigenvalue weighted by Gasteiger charge is -2.27. The molecule has 5 nitrogen and oxygen atoms in total. The first-order valence-electron chi connectivity index (χ1n) is 8.50. The first-order valence-corrected chi connectivity index (χ1v) is 8.50. The Morgan fingerprint density at radius 3 is 2.62 bits per heavy atom. The van der Waals surface area contributed by atoms with E-state index in [1.165, 1.54) is 19.3 Å². The van der Waals surface area contributed by atoms with Gasteiger partial charge in [-0.25, -0.2) is 0 Å². The summed E-state index contributed by atoms with van der Waals surface area (Å²) in [5.41, 5.74) is 0. The van der Waals surface area contributed by atoms with Crippen LogP contribution in [0, 0.1) is 11.8 Å². The highest BCUT2D eigenvalue weighted by molar-refractivity contribution is 5.83. The van der Waals surface area contributed by atoms with Crippen LogP contribution in [0.4, 0.5) is 0 Å². The summed E-state index contributed by atoms with van der Waals surface area (Å²) in [4.78, 5) is 28.5. The molecule has 3 atom stereocenters. The van der Waals surface area contributed by atoms with Gasteiger partial charge in [-0.1, -0.05) is 13.3 Å². The number of hydrogen-bond acceptors (Lipinski definition) is 3. The zero-order chi connectivity index (χ0) is 14.8. The number of carbonyl (C=O) groups is 2. The number of hydrogen-bond donors (Lipinski definition) is 1. The molecule has 0 spiro atoms. The third-order valence-corrected chi connectivity index (χ3v) is 5.47. The summed E-state index contributed by atoms with van der Waals surface area (Å²) in [5.74, 6) is 1.74. The third-order valence-electron chi connectivity index (χ3n) is 5.47. The second kappa shape index (κ2) is 6.34. The molecule has 21 heavy (non-hydrogen) atoms. The van der Waals surface area contributed by atoms with Crippen LogP contribution in [0.15, 0.2) is 0 Å². The van der Waals surface area contributed by atoms with Crippen LogP contribution in [0.1, 0.15) is 39.0 Å². The summed E-state index contributed by atoms with van der Waals surface area (Å²) in [6.07, 6.45) is 5.21. The topological polar surface area (TPSA) is 52.7 Å². The van der Waals surface area contributed by atoms with E-state index in [1.807, 2.05) is 16.7 Å². The average molecular weight is 293 g/mol. The fourth-order valence-corrected chi connectivity index (χ4v) is 4.27. The van der Waals surface area contributed by atoms with Crippen LogP contribution >= 0.6 is 0 Å². The standard InChI is InChI=1S/C16H27N3O2/c1-2-14(20)18-7-4-8-19(10-9-18)16(21)15-13-6-3-5-12(13)11-17-15/h12-13,15,17H,2-11H2,1H3. The van der Waals surface area contributed by atoms with E-state index in [1.54, 1.807) is 0 Å². The molecule has 2 saturated heterocycles. The minimum Gasteiger partial charge on any atom is -0.341 e. The van der Waals surface area contributed by atoms with E-state index in [-0.39, 0.29) is 17.9 Å². The van der Waals surface area contributed by atoms with Crippen LogP contribution in [0.25, 0.3) is 0 Å². The molecular weight excluding hydrogens is 266 g/mol. The molecule has 0 radical (unpaired) electrons. The van der Waals surface area contributed by atoms with Gasteiger partial charge in [0.2, 0.25) is 11.8 Å². The molecule has 1 aliphatic carbocycles. The van der Waals surface area contributed by atoms with Crippen molar-refractivity contribution < 1.29 is 9.59 Å². The van der Waals surface area contributed by atoms with E-state index >= 15 is 0 Å². The SMILES string of the molecule is CCC(=O)N1CCCN(C(=O)C2NCC3CCCC32)CC1. The van der Waals surface area contributed by atoms with Crippen molar-refractivity contribution in [3.63, 3.8) is 0 Å². The number of nitrogens with zero attached hydrogens (tertiary/aromatic N) is 2. The normalized spacial score (nSPS) is 32.9. The molecule has 3 rings (SSSR count). The molecule has 0 aromatic rings. The maximum atomic E-state index is 12.8. The molecule has 0 aromatic heterocycles. The molecule has 2 heterocycles. The van der Waals surface area contributed by atoms with Gasteiger partial charge < -0.3 is 15.1 Å². The summed E-state index contributed by atoms with van der Waals surface area (Å²) >= 11 is 0. The molecule has 1 saturated carbocycles. The predicted molar refractivity (Wildman–Crippen MR) is 80.7 cm³/mol. The van der Waals surface area contributed by atoms with E-state index in [2.05, 4.69) is 5.32 Å². The lowest BCUT2D eigenvalue weighted by molar-refractivity contribution is -0.135. The largest absolute Gasteiger partial charge is 0.341 e. The monoisotopic (exact) mass is 293 g/mol. The molecule has 2 amide bonds. The van der Waals surface area contributed by atoms with E-state index in [4.69, 9.17) is 0 Å². The van der Waals surface area contributed by atoms with Crippen LogP contribution in [-0.2, 0) is 9.59 Å². The molecule has 0 bridgehead atoms. The van der Waals surface area contributed by atoms with Gasteiger partial charge in [0.1, 0.15) is 0 Å². The number of fused-ring (bicyclic) bond motifs is 1. The van der Waals surface area contributed by atoms with Gasteiger partial charge in [0, 0.05) is 32.6 Å². The second-order valence-corrected chi connectivity index (χ2v) is 6.65. The van der Waals surface area contributed by atoms with Gasteiger partial charge in [-0.2, -0.15) is 0 Å². The summed E-state index contributed by atoms with van der Waals surface area (Å²) in [5, 5.41) is 3.45. The highest BCUT2D eigenvalue weighted by atomic mass is 16.2. The summed E-state index contributed by atoms with van der Waals surface area (Å²) in [6.45, 7) is 5.88. The Morgan fingerprint density at radius 2 is 1.81 bits per heavy atom. The van der Waals surface area contributed by atoms with E-state index in [9.17, 15) is 9.59 Å².